The van der Waals surface area contributed by atoms with Gasteiger partial charge in [0.2, 0.25) is 0 Å². The molecule has 1 aromatic rings. The highest BCUT2D eigenvalue weighted by Gasteiger charge is 2.21. The number of nitrogens with zero attached hydrogens (tertiary/aromatic N) is 1. The van der Waals surface area contributed by atoms with E-state index in [2.05, 4.69) is 55.3 Å². The predicted molar refractivity (Wildman–Crippen MR) is 74.7 cm³/mol. The zero-order valence-electron chi connectivity index (χ0n) is 11.3. The normalized spacial score (nSPS) is 20.8. The summed E-state index contributed by atoms with van der Waals surface area (Å²) >= 11 is 0. The van der Waals surface area contributed by atoms with Crippen molar-refractivity contribution in [2.75, 3.05) is 24.5 Å². The van der Waals surface area contributed by atoms with Gasteiger partial charge in [-0.1, -0.05) is 18.2 Å². The standard InChI is InChI=1S/C15H24N2/c1-13-7-4-5-8-14(13)17-11-6-10-16-15(2,3)9-12-17/h4-5,7-8,16H,6,9-12H2,1-3H3. The zero-order chi connectivity index (χ0) is 12.3. The monoisotopic (exact) mass is 232 g/mol. The fourth-order valence-electron chi connectivity index (χ4n) is 2.47. The molecular formula is C15H24N2. The fourth-order valence-corrected chi connectivity index (χ4v) is 2.47. The molecule has 2 rings (SSSR count). The van der Waals surface area contributed by atoms with E-state index >= 15 is 0 Å². The van der Waals surface area contributed by atoms with Gasteiger partial charge in [0.1, 0.15) is 0 Å². The molecule has 0 atom stereocenters. The van der Waals surface area contributed by atoms with Crippen LogP contribution in [0.4, 0.5) is 5.69 Å². The molecule has 0 saturated carbocycles. The molecule has 0 spiro atoms. The highest BCUT2D eigenvalue weighted by atomic mass is 15.1. The van der Waals surface area contributed by atoms with Crippen molar-refractivity contribution in [3.63, 3.8) is 0 Å². The van der Waals surface area contributed by atoms with Crippen molar-refractivity contribution in [1.82, 2.24) is 5.32 Å². The van der Waals surface area contributed by atoms with Crippen LogP contribution >= 0.6 is 0 Å². The van der Waals surface area contributed by atoms with Gasteiger partial charge in [0.15, 0.2) is 0 Å². The molecule has 1 saturated heterocycles. The van der Waals surface area contributed by atoms with Gasteiger partial charge < -0.3 is 10.2 Å². The van der Waals surface area contributed by atoms with Crippen LogP contribution in [0.2, 0.25) is 0 Å². The Balaban J connectivity index is 2.12. The van der Waals surface area contributed by atoms with Crippen LogP contribution in [0, 0.1) is 6.92 Å². The van der Waals surface area contributed by atoms with Crippen molar-refractivity contribution in [2.24, 2.45) is 0 Å². The van der Waals surface area contributed by atoms with Gasteiger partial charge in [0.25, 0.3) is 0 Å². The van der Waals surface area contributed by atoms with Crippen LogP contribution in [-0.4, -0.2) is 25.2 Å². The molecule has 0 amide bonds. The van der Waals surface area contributed by atoms with Gasteiger partial charge in [-0.15, -0.1) is 0 Å². The van der Waals surface area contributed by atoms with Gasteiger partial charge in [-0.25, -0.2) is 0 Å². The van der Waals surface area contributed by atoms with Gasteiger partial charge in [-0.05, 0) is 51.8 Å². The van der Waals surface area contributed by atoms with Crippen LogP contribution in [0.15, 0.2) is 24.3 Å². The van der Waals surface area contributed by atoms with E-state index in [1.165, 1.54) is 24.1 Å². The summed E-state index contributed by atoms with van der Waals surface area (Å²) in [5.41, 5.74) is 3.06. The first-order chi connectivity index (χ1) is 8.08. The quantitative estimate of drug-likeness (QED) is 0.801. The van der Waals surface area contributed by atoms with Crippen LogP contribution in [0.3, 0.4) is 0 Å². The molecular weight excluding hydrogens is 208 g/mol. The molecule has 1 aromatic carbocycles. The molecule has 2 heteroatoms. The molecule has 0 unspecified atom stereocenters. The van der Waals surface area contributed by atoms with Gasteiger partial charge in [0.05, 0.1) is 0 Å². The minimum Gasteiger partial charge on any atom is -0.371 e. The highest BCUT2D eigenvalue weighted by molar-refractivity contribution is 5.52. The lowest BCUT2D eigenvalue weighted by Crippen LogP contribution is -2.46. The third kappa shape index (κ3) is 3.22. The predicted octanol–water partition coefficient (Wildman–Crippen LogP) is 2.96. The molecule has 1 aliphatic heterocycles. The fraction of sp³-hybridized carbons (Fsp3) is 0.600. The van der Waals surface area contributed by atoms with Crippen molar-refractivity contribution >= 4 is 5.69 Å². The van der Waals surface area contributed by atoms with Gasteiger partial charge in [0, 0.05) is 24.3 Å². The van der Waals surface area contributed by atoms with Crippen molar-refractivity contribution in [2.45, 2.75) is 39.2 Å². The summed E-state index contributed by atoms with van der Waals surface area (Å²) in [6, 6.07) is 8.72. The zero-order valence-corrected chi connectivity index (χ0v) is 11.3. The van der Waals surface area contributed by atoms with Gasteiger partial charge in [-0.3, -0.25) is 0 Å². The minimum atomic E-state index is 0.265. The molecule has 2 nitrogen and oxygen atoms in total. The van der Waals surface area contributed by atoms with E-state index in [1.54, 1.807) is 0 Å². The lowest BCUT2D eigenvalue weighted by molar-refractivity contribution is 0.346. The second kappa shape index (κ2) is 5.09. The summed E-state index contributed by atoms with van der Waals surface area (Å²) in [4.78, 5) is 2.54. The maximum Gasteiger partial charge on any atom is 0.0395 e. The van der Waals surface area contributed by atoms with E-state index in [1.807, 2.05) is 0 Å². The third-order valence-electron chi connectivity index (χ3n) is 3.67. The third-order valence-corrected chi connectivity index (χ3v) is 3.67. The largest absolute Gasteiger partial charge is 0.371 e. The Morgan fingerprint density at radius 2 is 1.94 bits per heavy atom. The first-order valence-electron chi connectivity index (χ1n) is 6.64. The number of hydrogen-bond acceptors (Lipinski definition) is 2. The molecule has 0 aliphatic carbocycles. The second-order valence-corrected chi connectivity index (χ2v) is 5.69. The lowest BCUT2D eigenvalue weighted by Gasteiger charge is -2.35. The van der Waals surface area contributed by atoms with Crippen LogP contribution in [0.1, 0.15) is 32.3 Å². The number of anilines is 1. The van der Waals surface area contributed by atoms with E-state index in [9.17, 15) is 0 Å². The molecule has 17 heavy (non-hydrogen) atoms. The number of rotatable bonds is 1. The van der Waals surface area contributed by atoms with Crippen molar-refractivity contribution in [3.8, 4) is 0 Å². The number of nitrogens with one attached hydrogen (secondary N) is 1. The van der Waals surface area contributed by atoms with E-state index in [0.717, 1.165) is 19.6 Å². The summed E-state index contributed by atoms with van der Waals surface area (Å²) in [7, 11) is 0. The Labute approximate surface area is 105 Å². The molecule has 0 aromatic heterocycles. The number of aryl methyl sites for hydroxylation is 1. The maximum atomic E-state index is 3.62. The smallest absolute Gasteiger partial charge is 0.0395 e. The molecule has 0 bridgehead atoms. The van der Waals surface area contributed by atoms with Crippen molar-refractivity contribution < 1.29 is 0 Å². The molecule has 1 aliphatic rings. The molecule has 1 fully saturated rings. The molecule has 94 valence electrons. The van der Waals surface area contributed by atoms with Crippen LogP contribution < -0.4 is 10.2 Å². The number of hydrogen-bond donors (Lipinski definition) is 1. The van der Waals surface area contributed by atoms with Crippen LogP contribution in [0.5, 0.6) is 0 Å². The topological polar surface area (TPSA) is 15.3 Å². The Kier molecular flexibility index (Phi) is 3.72. The van der Waals surface area contributed by atoms with E-state index < -0.39 is 0 Å². The first-order valence-corrected chi connectivity index (χ1v) is 6.64. The van der Waals surface area contributed by atoms with Crippen molar-refractivity contribution in [1.29, 1.82) is 0 Å². The molecule has 1 N–H and O–H groups in total. The highest BCUT2D eigenvalue weighted by Crippen LogP contribution is 2.22. The summed E-state index contributed by atoms with van der Waals surface area (Å²) in [5.74, 6) is 0. The SMILES string of the molecule is Cc1ccccc1N1CCCNC(C)(C)CC1. The second-order valence-electron chi connectivity index (χ2n) is 5.69. The summed E-state index contributed by atoms with van der Waals surface area (Å²) in [6.07, 6.45) is 2.42. The van der Waals surface area contributed by atoms with E-state index in [0.29, 0.717) is 0 Å². The summed E-state index contributed by atoms with van der Waals surface area (Å²) in [5, 5.41) is 3.62. The molecule has 0 radical (unpaired) electrons. The average molecular weight is 232 g/mol. The van der Waals surface area contributed by atoms with Gasteiger partial charge >= 0.3 is 0 Å². The van der Waals surface area contributed by atoms with E-state index in [4.69, 9.17) is 0 Å². The Bertz CT molecular complexity index is 371. The first kappa shape index (κ1) is 12.4. The minimum absolute atomic E-state index is 0.265. The van der Waals surface area contributed by atoms with Gasteiger partial charge in [-0.2, -0.15) is 0 Å². The lowest BCUT2D eigenvalue weighted by atomic mass is 9.98. The Hall–Kier alpha value is -1.02. The van der Waals surface area contributed by atoms with Crippen LogP contribution in [0.25, 0.3) is 0 Å². The Morgan fingerprint density at radius 3 is 2.71 bits per heavy atom. The summed E-state index contributed by atoms with van der Waals surface area (Å²) in [6.45, 7) is 10.2. The maximum absolute atomic E-state index is 3.62. The van der Waals surface area contributed by atoms with E-state index in [-0.39, 0.29) is 5.54 Å². The number of benzene rings is 1. The average Bonchev–Trinajstić information content (AvgIpc) is 2.27. The molecule has 1 heterocycles. The van der Waals surface area contributed by atoms with Crippen LogP contribution in [-0.2, 0) is 0 Å². The Morgan fingerprint density at radius 1 is 1.18 bits per heavy atom. The number of para-hydroxylation sites is 1. The van der Waals surface area contributed by atoms with Crippen molar-refractivity contribution in [3.05, 3.63) is 29.8 Å². The summed E-state index contributed by atoms with van der Waals surface area (Å²) < 4.78 is 0.